The van der Waals surface area contributed by atoms with Gasteiger partial charge < -0.3 is 9.88 Å². The number of rotatable bonds is 7. The summed E-state index contributed by atoms with van der Waals surface area (Å²) >= 11 is 6.79. The van der Waals surface area contributed by atoms with Crippen LogP contribution in [0.1, 0.15) is 28.9 Å². The van der Waals surface area contributed by atoms with E-state index in [2.05, 4.69) is 15.0 Å². The van der Waals surface area contributed by atoms with Crippen LogP contribution in [0.5, 0.6) is 0 Å². The van der Waals surface area contributed by atoms with Crippen LogP contribution in [-0.4, -0.2) is 23.9 Å². The standard InChI is InChI=1S/C22H19ClN4O3S2/c1-15(16-4-8-19(9-5-16)27-13-12-24-14-27)25-22(28)17-2-6-18(7-3-17)26-32(29,30)21-11-10-20(23)31-21/h2-15,26H,1H3,(H,25,28)/t15-/m1/s1. The van der Waals surface area contributed by atoms with Gasteiger partial charge in [0.15, 0.2) is 0 Å². The molecule has 7 nitrogen and oxygen atoms in total. The Morgan fingerprint density at radius 3 is 2.38 bits per heavy atom. The minimum atomic E-state index is -3.72. The van der Waals surface area contributed by atoms with Crippen molar-refractivity contribution in [1.29, 1.82) is 0 Å². The van der Waals surface area contributed by atoms with Gasteiger partial charge in [-0.15, -0.1) is 11.3 Å². The summed E-state index contributed by atoms with van der Waals surface area (Å²) in [6.45, 7) is 1.90. The normalized spacial score (nSPS) is 12.3. The predicted octanol–water partition coefficient (Wildman–Crippen LogP) is 4.88. The summed E-state index contributed by atoms with van der Waals surface area (Å²) in [7, 11) is -3.72. The van der Waals surface area contributed by atoms with Crippen molar-refractivity contribution in [2.45, 2.75) is 17.2 Å². The fraction of sp³-hybridized carbons (Fsp3) is 0.0909. The molecule has 2 heterocycles. The number of sulfonamides is 1. The first-order chi connectivity index (χ1) is 15.3. The lowest BCUT2D eigenvalue weighted by Crippen LogP contribution is -2.26. The molecule has 2 aromatic carbocycles. The van der Waals surface area contributed by atoms with E-state index in [1.54, 1.807) is 36.8 Å². The van der Waals surface area contributed by atoms with Crippen molar-refractivity contribution in [2.24, 2.45) is 0 Å². The van der Waals surface area contributed by atoms with E-state index < -0.39 is 10.0 Å². The first kappa shape index (κ1) is 22.1. The van der Waals surface area contributed by atoms with E-state index in [-0.39, 0.29) is 16.2 Å². The average Bonchev–Trinajstić information content (AvgIpc) is 3.46. The molecule has 2 aromatic heterocycles. The SMILES string of the molecule is C[C@@H](NC(=O)c1ccc(NS(=O)(=O)c2ccc(Cl)s2)cc1)c1ccc(-n2ccnc2)cc1. The van der Waals surface area contributed by atoms with Gasteiger partial charge in [-0.3, -0.25) is 9.52 Å². The van der Waals surface area contributed by atoms with E-state index in [1.165, 1.54) is 12.1 Å². The van der Waals surface area contributed by atoms with Crippen molar-refractivity contribution in [1.82, 2.24) is 14.9 Å². The lowest BCUT2D eigenvalue weighted by Gasteiger charge is -2.15. The molecule has 0 radical (unpaired) electrons. The van der Waals surface area contributed by atoms with Crippen LogP contribution in [0.25, 0.3) is 5.69 Å². The van der Waals surface area contributed by atoms with E-state index in [0.717, 1.165) is 22.6 Å². The lowest BCUT2D eigenvalue weighted by atomic mass is 10.1. The number of nitrogens with one attached hydrogen (secondary N) is 2. The number of hydrogen-bond donors (Lipinski definition) is 2. The van der Waals surface area contributed by atoms with Gasteiger partial charge in [0.05, 0.1) is 16.7 Å². The van der Waals surface area contributed by atoms with Gasteiger partial charge in [0, 0.05) is 29.3 Å². The highest BCUT2D eigenvalue weighted by molar-refractivity contribution is 7.94. The van der Waals surface area contributed by atoms with Gasteiger partial charge in [0.1, 0.15) is 4.21 Å². The van der Waals surface area contributed by atoms with Crippen LogP contribution in [-0.2, 0) is 10.0 Å². The summed E-state index contributed by atoms with van der Waals surface area (Å²) < 4.78 is 29.7. The maximum absolute atomic E-state index is 12.6. The van der Waals surface area contributed by atoms with Crippen LogP contribution >= 0.6 is 22.9 Å². The van der Waals surface area contributed by atoms with Crippen molar-refractivity contribution in [2.75, 3.05) is 4.72 Å². The summed E-state index contributed by atoms with van der Waals surface area (Å²) in [5.41, 5.74) is 2.72. The Bertz CT molecular complexity index is 1320. The molecule has 32 heavy (non-hydrogen) atoms. The summed E-state index contributed by atoms with van der Waals surface area (Å²) in [4.78, 5) is 16.7. The monoisotopic (exact) mass is 486 g/mol. The van der Waals surface area contributed by atoms with Crippen LogP contribution in [0.3, 0.4) is 0 Å². The zero-order chi connectivity index (χ0) is 22.7. The van der Waals surface area contributed by atoms with E-state index in [9.17, 15) is 13.2 Å². The molecule has 0 aliphatic rings. The van der Waals surface area contributed by atoms with Crippen molar-refractivity contribution in [3.05, 3.63) is 94.8 Å². The third-order valence-corrected chi connectivity index (χ3v) is 7.86. The molecule has 1 atom stereocenters. The van der Waals surface area contributed by atoms with Crippen molar-refractivity contribution >= 4 is 44.6 Å². The van der Waals surface area contributed by atoms with Gasteiger partial charge in [-0.25, -0.2) is 13.4 Å². The van der Waals surface area contributed by atoms with Crippen molar-refractivity contribution < 1.29 is 13.2 Å². The maximum atomic E-state index is 12.6. The molecule has 164 valence electrons. The number of thiophene rings is 1. The molecular weight excluding hydrogens is 468 g/mol. The molecule has 0 spiro atoms. The maximum Gasteiger partial charge on any atom is 0.271 e. The predicted molar refractivity (Wildman–Crippen MR) is 126 cm³/mol. The Hall–Kier alpha value is -3.14. The number of halogens is 1. The van der Waals surface area contributed by atoms with Gasteiger partial charge in [0.25, 0.3) is 15.9 Å². The molecule has 0 saturated heterocycles. The minimum Gasteiger partial charge on any atom is -0.346 e. The third kappa shape index (κ3) is 5.01. The van der Waals surface area contributed by atoms with Gasteiger partial charge in [-0.05, 0) is 61.0 Å². The molecule has 0 bridgehead atoms. The second-order valence-electron chi connectivity index (χ2n) is 7.00. The molecule has 10 heteroatoms. The van der Waals surface area contributed by atoms with E-state index in [4.69, 9.17) is 11.6 Å². The van der Waals surface area contributed by atoms with Crippen LogP contribution in [0.4, 0.5) is 5.69 Å². The van der Waals surface area contributed by atoms with Gasteiger partial charge in [0.2, 0.25) is 0 Å². The topological polar surface area (TPSA) is 93.1 Å². The fourth-order valence-electron chi connectivity index (χ4n) is 3.05. The van der Waals surface area contributed by atoms with Gasteiger partial charge in [-0.2, -0.15) is 0 Å². The van der Waals surface area contributed by atoms with Crippen LogP contribution in [0.15, 0.2) is 83.6 Å². The fourth-order valence-corrected chi connectivity index (χ4v) is 5.59. The zero-order valence-electron chi connectivity index (χ0n) is 16.9. The Labute approximate surface area is 194 Å². The summed E-state index contributed by atoms with van der Waals surface area (Å²) in [6.07, 6.45) is 5.30. The number of carbonyl (C=O) groups is 1. The molecule has 0 unspecified atom stereocenters. The summed E-state index contributed by atoms with van der Waals surface area (Å²) in [5, 5.41) is 2.95. The van der Waals surface area contributed by atoms with Gasteiger partial charge >= 0.3 is 0 Å². The Kier molecular flexibility index (Phi) is 6.31. The smallest absolute Gasteiger partial charge is 0.271 e. The number of anilines is 1. The molecule has 4 aromatic rings. The molecule has 1 amide bonds. The number of imidazole rings is 1. The number of benzene rings is 2. The second kappa shape index (κ2) is 9.15. The summed E-state index contributed by atoms with van der Waals surface area (Å²) in [5.74, 6) is -0.254. The second-order valence-corrected chi connectivity index (χ2v) is 10.6. The first-order valence-electron chi connectivity index (χ1n) is 9.59. The van der Waals surface area contributed by atoms with Crippen molar-refractivity contribution in [3.63, 3.8) is 0 Å². The first-order valence-corrected chi connectivity index (χ1v) is 12.3. The average molecular weight is 487 g/mol. The molecule has 4 rings (SSSR count). The highest BCUT2D eigenvalue weighted by Crippen LogP contribution is 2.27. The Balaban J connectivity index is 1.39. The minimum absolute atomic E-state index is 0.122. The highest BCUT2D eigenvalue weighted by atomic mass is 35.5. The van der Waals surface area contributed by atoms with E-state index >= 15 is 0 Å². The number of hydrogen-bond acceptors (Lipinski definition) is 5. The summed E-state index contributed by atoms with van der Waals surface area (Å²) in [6, 6.07) is 16.8. The van der Waals surface area contributed by atoms with Gasteiger partial charge in [-0.1, -0.05) is 23.7 Å². The zero-order valence-corrected chi connectivity index (χ0v) is 19.3. The largest absolute Gasteiger partial charge is 0.346 e. The molecule has 0 saturated carbocycles. The molecule has 0 aliphatic carbocycles. The van der Waals surface area contributed by atoms with Crippen molar-refractivity contribution in [3.8, 4) is 5.69 Å². The number of carbonyl (C=O) groups excluding carboxylic acids is 1. The highest BCUT2D eigenvalue weighted by Gasteiger charge is 2.17. The van der Waals surface area contributed by atoms with Crippen LogP contribution in [0.2, 0.25) is 4.34 Å². The van der Waals surface area contributed by atoms with Crippen LogP contribution in [0, 0.1) is 0 Å². The number of nitrogens with zero attached hydrogens (tertiary/aromatic N) is 2. The lowest BCUT2D eigenvalue weighted by molar-refractivity contribution is 0.0940. The Morgan fingerprint density at radius 2 is 1.78 bits per heavy atom. The van der Waals surface area contributed by atoms with Crippen LogP contribution < -0.4 is 10.0 Å². The third-order valence-electron chi connectivity index (χ3n) is 4.76. The molecule has 0 aliphatic heterocycles. The van der Waals surface area contributed by atoms with E-state index in [0.29, 0.717) is 15.6 Å². The number of aromatic nitrogens is 2. The molecular formula is C22H19ClN4O3S2. The quantitative estimate of drug-likeness (QED) is 0.389. The number of amides is 1. The molecule has 2 N–H and O–H groups in total. The molecule has 0 fully saturated rings. The Morgan fingerprint density at radius 1 is 1.06 bits per heavy atom. The van der Waals surface area contributed by atoms with E-state index in [1.807, 2.05) is 42.0 Å².